The lowest BCUT2D eigenvalue weighted by Gasteiger charge is -2.47. The van der Waals surface area contributed by atoms with Crippen molar-refractivity contribution >= 4 is 74.3 Å². The van der Waals surface area contributed by atoms with Gasteiger partial charge in [-0.25, -0.2) is 0 Å². The zero-order valence-corrected chi connectivity index (χ0v) is 45.1. The lowest BCUT2D eigenvalue weighted by atomic mass is 9.33. The smallest absolute Gasteiger partial charge is 0.252 e. The minimum Gasteiger partial charge on any atom is -0.311 e. The molecular weight excluding hydrogens is 882 g/mol. The van der Waals surface area contributed by atoms with Crippen molar-refractivity contribution in [3.8, 4) is 11.1 Å². The third-order valence-corrected chi connectivity index (χ3v) is 17.4. The number of fused-ring (bicyclic) bond motifs is 6. The van der Waals surface area contributed by atoms with Gasteiger partial charge in [0.15, 0.2) is 0 Å². The third kappa shape index (κ3) is 7.52. The first-order valence-corrected chi connectivity index (χ1v) is 26.7. The summed E-state index contributed by atoms with van der Waals surface area (Å²) in [6, 6.07) is 60.1. The molecule has 0 saturated heterocycles. The molecule has 8 aromatic carbocycles. The van der Waals surface area contributed by atoms with Crippen molar-refractivity contribution in [3.63, 3.8) is 0 Å². The molecule has 0 fully saturated rings. The number of rotatable bonds is 6. The molecule has 0 amide bonds. The van der Waals surface area contributed by atoms with Gasteiger partial charge in [0.2, 0.25) is 0 Å². The normalized spacial score (nSPS) is 18.1. The molecule has 73 heavy (non-hydrogen) atoms. The molecule has 0 aromatic heterocycles. The molecule has 366 valence electrons. The van der Waals surface area contributed by atoms with Crippen molar-refractivity contribution in [2.24, 2.45) is 0 Å². The maximum absolute atomic E-state index is 9.36. The predicted molar refractivity (Wildman–Crippen MR) is 315 cm³/mol. The zero-order valence-electron chi connectivity index (χ0n) is 48.1. The van der Waals surface area contributed by atoms with Crippen LogP contribution in [-0.2, 0) is 27.1 Å². The molecule has 4 aliphatic rings. The number of benzene rings is 8. The van der Waals surface area contributed by atoms with E-state index in [1.807, 2.05) is 12.1 Å². The zero-order chi connectivity index (χ0) is 53.6. The average molecular weight is 957 g/mol. The number of aryl methyl sites for hydroxylation is 2. The summed E-state index contributed by atoms with van der Waals surface area (Å²) in [5.41, 5.74) is 22.9. The van der Waals surface area contributed by atoms with Crippen LogP contribution in [0, 0.1) is 13.8 Å². The number of hydrogen-bond donors (Lipinski definition) is 0. The lowest BCUT2D eigenvalue weighted by molar-refractivity contribution is 0.332. The van der Waals surface area contributed by atoms with E-state index in [0.29, 0.717) is 5.56 Å². The van der Waals surface area contributed by atoms with E-state index in [-0.39, 0.29) is 33.8 Å². The van der Waals surface area contributed by atoms with Gasteiger partial charge in [0.1, 0.15) is 0 Å². The van der Waals surface area contributed by atoms with Crippen LogP contribution >= 0.6 is 0 Å². The molecule has 12 rings (SSSR count). The van der Waals surface area contributed by atoms with Crippen LogP contribution in [0.4, 0.5) is 51.2 Å². The minimum absolute atomic E-state index is 0.0223. The Labute approximate surface area is 441 Å². The predicted octanol–water partition coefficient (Wildman–Crippen LogP) is 17.1. The fourth-order valence-corrected chi connectivity index (χ4v) is 13.7. The number of para-hydroxylation sites is 2. The van der Waals surface area contributed by atoms with Gasteiger partial charge in [0.25, 0.3) is 6.71 Å². The van der Waals surface area contributed by atoms with Crippen molar-refractivity contribution in [3.05, 3.63) is 203 Å². The Morgan fingerprint density at radius 3 is 1.59 bits per heavy atom. The summed E-state index contributed by atoms with van der Waals surface area (Å²) in [6.45, 7) is 25.7. The summed E-state index contributed by atoms with van der Waals surface area (Å²) in [5.74, 6) is 0. The summed E-state index contributed by atoms with van der Waals surface area (Å²) >= 11 is 0. The maximum Gasteiger partial charge on any atom is 0.252 e. The van der Waals surface area contributed by atoms with Gasteiger partial charge < -0.3 is 14.7 Å². The quantitative estimate of drug-likeness (QED) is 0.154. The Morgan fingerprint density at radius 2 is 1.00 bits per heavy atom. The van der Waals surface area contributed by atoms with Crippen LogP contribution in [0.5, 0.6) is 0 Å². The second-order valence-corrected chi connectivity index (χ2v) is 25.5. The Balaban J connectivity index is 1.24. The van der Waals surface area contributed by atoms with Gasteiger partial charge in [0.05, 0.1) is 5.69 Å². The lowest BCUT2D eigenvalue weighted by Crippen LogP contribution is -2.61. The van der Waals surface area contributed by atoms with E-state index in [2.05, 4.69) is 249 Å². The molecule has 0 N–H and O–H groups in total. The van der Waals surface area contributed by atoms with E-state index in [0.717, 1.165) is 87.0 Å². The monoisotopic (exact) mass is 957 g/mol. The first-order valence-electron chi connectivity index (χ1n) is 28.2. The molecule has 2 aliphatic carbocycles. The topological polar surface area (TPSA) is 9.72 Å². The van der Waals surface area contributed by atoms with E-state index in [4.69, 9.17) is 0 Å². The Hall–Kier alpha value is -6.78. The summed E-state index contributed by atoms with van der Waals surface area (Å²) in [6.07, 6.45) is 3.24. The number of nitrogens with zero attached hydrogens (tertiary/aromatic N) is 3. The van der Waals surface area contributed by atoms with Crippen molar-refractivity contribution in [2.75, 3.05) is 14.7 Å². The SMILES string of the molecule is [2H]C([2H])([2H])c1cc2c3c(c1)N(c1ccc(C(C)(C)C)cc1-c1ccccc1)c1cc(N(c4ccccc4)c4ccccc4)ccc1B3c1cc3c(cc1N2c1cc2c(cc1C)C(C)(C)CCC2(C)C)C(C)(C)CC3(C)C. The fraction of sp³-hybridized carbons (Fsp3) is 0.304. The standard InChI is InChI=1S/C69H72BN3/c1-44-35-62-64-63(36-44)73(59-41-54-52(37-45(59)2)66(6,7)33-34-67(54,8)9)61-42-55-53(68(10,11)43-69(55,12)13)40-57(61)70(64)56-31-30-50(71(48-25-19-15-20-26-48)49-27-21-16-22-28-49)39-60(56)72(62)58-32-29-47(65(3,4)5)38-51(58)46-23-17-14-18-24-46/h14-32,35-42H,33-34,43H2,1-13H3/i1D3. The van der Waals surface area contributed by atoms with E-state index in [1.54, 1.807) is 0 Å². The molecule has 0 spiro atoms. The Bertz CT molecular complexity index is 3580. The van der Waals surface area contributed by atoms with Gasteiger partial charge in [-0.2, -0.15) is 0 Å². The minimum atomic E-state index is -2.42. The second-order valence-electron chi connectivity index (χ2n) is 25.5. The molecule has 0 radical (unpaired) electrons. The van der Waals surface area contributed by atoms with Crippen molar-refractivity contribution in [1.82, 2.24) is 0 Å². The molecule has 3 nitrogen and oxygen atoms in total. The van der Waals surface area contributed by atoms with E-state index >= 15 is 0 Å². The van der Waals surface area contributed by atoms with Gasteiger partial charge in [-0.1, -0.05) is 167 Å². The first kappa shape index (κ1) is 43.8. The molecule has 4 heteroatoms. The van der Waals surface area contributed by atoms with Crippen LogP contribution in [-0.4, -0.2) is 6.71 Å². The maximum atomic E-state index is 9.36. The Morgan fingerprint density at radius 1 is 0.479 bits per heavy atom. The van der Waals surface area contributed by atoms with Crippen LogP contribution in [0.15, 0.2) is 164 Å². The van der Waals surface area contributed by atoms with Gasteiger partial charge in [0, 0.05) is 55.2 Å². The largest absolute Gasteiger partial charge is 0.311 e. The fourth-order valence-electron chi connectivity index (χ4n) is 13.7. The first-order chi connectivity index (χ1) is 35.8. The highest BCUT2D eigenvalue weighted by Crippen LogP contribution is 2.55. The molecule has 0 bridgehead atoms. The Kier molecular flexibility index (Phi) is 9.81. The average Bonchev–Trinajstić information content (AvgIpc) is 3.57. The van der Waals surface area contributed by atoms with Crippen LogP contribution < -0.4 is 31.1 Å². The van der Waals surface area contributed by atoms with Crippen LogP contribution in [0.25, 0.3) is 11.1 Å². The van der Waals surface area contributed by atoms with E-state index in [1.165, 1.54) is 44.3 Å². The molecule has 2 aliphatic heterocycles. The molecule has 2 heterocycles. The number of anilines is 9. The molecule has 0 unspecified atom stereocenters. The highest BCUT2D eigenvalue weighted by molar-refractivity contribution is 7.00. The van der Waals surface area contributed by atoms with Crippen molar-refractivity contribution in [2.45, 2.75) is 136 Å². The van der Waals surface area contributed by atoms with Crippen molar-refractivity contribution in [1.29, 1.82) is 0 Å². The van der Waals surface area contributed by atoms with E-state index in [9.17, 15) is 4.11 Å². The van der Waals surface area contributed by atoms with Gasteiger partial charge in [-0.3, -0.25) is 0 Å². The highest BCUT2D eigenvalue weighted by atomic mass is 15.2. The molecular formula is C69H72BN3. The van der Waals surface area contributed by atoms with Crippen molar-refractivity contribution < 1.29 is 4.11 Å². The molecule has 0 atom stereocenters. The summed E-state index contributed by atoms with van der Waals surface area (Å²) in [7, 11) is 0. The summed E-state index contributed by atoms with van der Waals surface area (Å²) in [4.78, 5) is 7.27. The van der Waals surface area contributed by atoms with Gasteiger partial charge in [-0.05, 0) is 194 Å². The highest BCUT2D eigenvalue weighted by Gasteiger charge is 2.49. The van der Waals surface area contributed by atoms with E-state index < -0.39 is 6.85 Å². The number of hydrogen-bond acceptors (Lipinski definition) is 3. The van der Waals surface area contributed by atoms with Crippen LogP contribution in [0.3, 0.4) is 0 Å². The van der Waals surface area contributed by atoms with Gasteiger partial charge in [-0.15, -0.1) is 0 Å². The van der Waals surface area contributed by atoms with Gasteiger partial charge >= 0.3 is 0 Å². The van der Waals surface area contributed by atoms with Crippen LogP contribution in [0.1, 0.15) is 138 Å². The second kappa shape index (κ2) is 16.4. The molecule has 8 aromatic rings. The van der Waals surface area contributed by atoms with Crippen LogP contribution in [0.2, 0.25) is 0 Å². The summed E-state index contributed by atoms with van der Waals surface area (Å²) in [5, 5.41) is 0. The molecule has 0 saturated carbocycles. The third-order valence-electron chi connectivity index (χ3n) is 17.4. The summed E-state index contributed by atoms with van der Waals surface area (Å²) < 4.78 is 28.1.